The van der Waals surface area contributed by atoms with Gasteiger partial charge in [0.25, 0.3) is 0 Å². The number of hydrogen-bond acceptors (Lipinski definition) is 4. The van der Waals surface area contributed by atoms with E-state index in [0.29, 0.717) is 12.2 Å². The number of thiazole rings is 1. The average molecular weight is 288 g/mol. The number of anilines is 1. The first kappa shape index (κ1) is 13.7. The van der Waals surface area contributed by atoms with Crippen molar-refractivity contribution in [1.82, 2.24) is 4.98 Å². The van der Waals surface area contributed by atoms with E-state index in [4.69, 9.17) is 0 Å². The molecule has 0 atom stereocenters. The summed E-state index contributed by atoms with van der Waals surface area (Å²) in [7, 11) is 0. The number of hydrogen-bond donors (Lipinski definition) is 1. The molecule has 0 bridgehead atoms. The summed E-state index contributed by atoms with van der Waals surface area (Å²) < 4.78 is 40.7. The summed E-state index contributed by atoms with van der Waals surface area (Å²) in [6, 6.07) is 5.95. The Labute approximate surface area is 112 Å². The monoisotopic (exact) mass is 288 g/mol. The van der Waals surface area contributed by atoms with Crippen LogP contribution in [0.5, 0.6) is 5.75 Å². The summed E-state index contributed by atoms with van der Waals surface area (Å²) in [5.74, 6) is -0.239. The first-order chi connectivity index (χ1) is 8.96. The van der Waals surface area contributed by atoms with Gasteiger partial charge in [0, 0.05) is 4.88 Å². The Morgan fingerprint density at radius 1 is 1.32 bits per heavy atom. The SMILES string of the molecule is Cc1ncsc1CNc1ccccc1OC(F)(F)F. The highest BCUT2D eigenvalue weighted by Crippen LogP contribution is 2.30. The van der Waals surface area contributed by atoms with E-state index < -0.39 is 6.36 Å². The van der Waals surface area contributed by atoms with E-state index in [1.807, 2.05) is 6.92 Å². The molecule has 19 heavy (non-hydrogen) atoms. The van der Waals surface area contributed by atoms with Crippen LogP contribution in [-0.2, 0) is 6.54 Å². The van der Waals surface area contributed by atoms with Crippen molar-refractivity contribution in [1.29, 1.82) is 0 Å². The van der Waals surface area contributed by atoms with Crippen molar-refractivity contribution < 1.29 is 17.9 Å². The number of rotatable bonds is 4. The number of aryl methyl sites for hydroxylation is 1. The van der Waals surface area contributed by atoms with Gasteiger partial charge in [-0.2, -0.15) is 0 Å². The van der Waals surface area contributed by atoms with Crippen LogP contribution in [0, 0.1) is 6.92 Å². The third kappa shape index (κ3) is 3.85. The van der Waals surface area contributed by atoms with Crippen LogP contribution in [-0.4, -0.2) is 11.3 Å². The van der Waals surface area contributed by atoms with Crippen LogP contribution < -0.4 is 10.1 Å². The molecular formula is C12H11F3N2OS. The van der Waals surface area contributed by atoms with Crippen molar-refractivity contribution in [2.45, 2.75) is 19.8 Å². The van der Waals surface area contributed by atoms with Gasteiger partial charge in [0.15, 0.2) is 5.75 Å². The highest BCUT2D eigenvalue weighted by Gasteiger charge is 2.32. The summed E-state index contributed by atoms with van der Waals surface area (Å²) in [6.45, 7) is 2.26. The molecule has 1 aromatic heterocycles. The van der Waals surface area contributed by atoms with Crippen LogP contribution in [0.1, 0.15) is 10.6 Å². The molecule has 1 aromatic carbocycles. The first-order valence-corrected chi connectivity index (χ1v) is 6.31. The topological polar surface area (TPSA) is 34.2 Å². The lowest BCUT2D eigenvalue weighted by Crippen LogP contribution is -2.18. The van der Waals surface area contributed by atoms with Crippen molar-refractivity contribution in [2.24, 2.45) is 0 Å². The van der Waals surface area contributed by atoms with Crippen molar-refractivity contribution in [3.05, 3.63) is 40.3 Å². The third-order valence-electron chi connectivity index (χ3n) is 2.40. The maximum absolute atomic E-state index is 12.2. The molecule has 0 aliphatic carbocycles. The predicted molar refractivity (Wildman–Crippen MR) is 67.3 cm³/mol. The zero-order chi connectivity index (χ0) is 13.9. The lowest BCUT2D eigenvalue weighted by atomic mass is 10.3. The van der Waals surface area contributed by atoms with Gasteiger partial charge in [0.2, 0.25) is 0 Å². The normalized spacial score (nSPS) is 11.4. The molecule has 7 heteroatoms. The molecule has 3 nitrogen and oxygen atoms in total. The zero-order valence-corrected chi connectivity index (χ0v) is 10.8. The van der Waals surface area contributed by atoms with Crippen LogP contribution in [0.2, 0.25) is 0 Å². The van der Waals surface area contributed by atoms with E-state index in [1.165, 1.54) is 29.5 Å². The van der Waals surface area contributed by atoms with Gasteiger partial charge in [-0.25, -0.2) is 4.98 Å². The molecule has 0 radical (unpaired) electrons. The molecule has 1 N–H and O–H groups in total. The van der Waals surface area contributed by atoms with Crippen LogP contribution in [0.25, 0.3) is 0 Å². The Balaban J connectivity index is 2.10. The molecule has 0 saturated carbocycles. The van der Waals surface area contributed by atoms with E-state index in [1.54, 1.807) is 11.6 Å². The molecule has 0 spiro atoms. The van der Waals surface area contributed by atoms with Crippen LogP contribution >= 0.6 is 11.3 Å². The van der Waals surface area contributed by atoms with E-state index in [9.17, 15) is 13.2 Å². The van der Waals surface area contributed by atoms with Crippen molar-refractivity contribution in [3.8, 4) is 5.75 Å². The van der Waals surface area contributed by atoms with Crippen LogP contribution in [0.15, 0.2) is 29.8 Å². The molecular weight excluding hydrogens is 277 g/mol. The molecule has 0 aliphatic rings. The van der Waals surface area contributed by atoms with E-state index in [2.05, 4.69) is 15.0 Å². The number of alkyl halides is 3. The Hall–Kier alpha value is -1.76. The molecule has 0 aliphatic heterocycles. The number of aromatic nitrogens is 1. The van der Waals surface area contributed by atoms with Gasteiger partial charge in [0.05, 0.1) is 23.4 Å². The second-order valence-corrected chi connectivity index (χ2v) is 4.70. The van der Waals surface area contributed by atoms with Gasteiger partial charge >= 0.3 is 6.36 Å². The van der Waals surface area contributed by atoms with Gasteiger partial charge in [0.1, 0.15) is 0 Å². The number of para-hydroxylation sites is 2. The minimum absolute atomic E-state index is 0.239. The lowest BCUT2D eigenvalue weighted by molar-refractivity contribution is -0.274. The number of nitrogens with zero attached hydrogens (tertiary/aromatic N) is 1. The van der Waals surface area contributed by atoms with Gasteiger partial charge in [-0.15, -0.1) is 24.5 Å². The fourth-order valence-corrected chi connectivity index (χ4v) is 2.21. The number of benzene rings is 1. The highest BCUT2D eigenvalue weighted by molar-refractivity contribution is 7.09. The minimum atomic E-state index is -4.70. The van der Waals surface area contributed by atoms with Gasteiger partial charge < -0.3 is 10.1 Å². The Morgan fingerprint density at radius 2 is 2.05 bits per heavy atom. The van der Waals surface area contributed by atoms with Gasteiger partial charge in [-0.1, -0.05) is 12.1 Å². The highest BCUT2D eigenvalue weighted by atomic mass is 32.1. The lowest BCUT2D eigenvalue weighted by Gasteiger charge is -2.14. The average Bonchev–Trinajstić information content (AvgIpc) is 2.72. The second-order valence-electron chi connectivity index (χ2n) is 3.76. The van der Waals surface area contributed by atoms with E-state index in [-0.39, 0.29) is 5.75 Å². The fourth-order valence-electron chi connectivity index (χ4n) is 1.50. The maximum Gasteiger partial charge on any atom is 0.573 e. The summed E-state index contributed by atoms with van der Waals surface area (Å²) >= 11 is 1.45. The van der Waals surface area contributed by atoms with Crippen molar-refractivity contribution in [2.75, 3.05) is 5.32 Å². The maximum atomic E-state index is 12.2. The van der Waals surface area contributed by atoms with Crippen molar-refractivity contribution in [3.63, 3.8) is 0 Å². The van der Waals surface area contributed by atoms with Crippen LogP contribution in [0.3, 0.4) is 0 Å². The molecule has 1 heterocycles. The summed E-state index contributed by atoms with van der Waals surface area (Å²) in [5.41, 5.74) is 2.86. The Kier molecular flexibility index (Phi) is 3.94. The third-order valence-corrected chi connectivity index (χ3v) is 3.33. The largest absolute Gasteiger partial charge is 0.573 e. The van der Waals surface area contributed by atoms with Crippen molar-refractivity contribution >= 4 is 17.0 Å². The fraction of sp³-hybridized carbons (Fsp3) is 0.250. The van der Waals surface area contributed by atoms with E-state index >= 15 is 0 Å². The molecule has 0 amide bonds. The second kappa shape index (κ2) is 5.48. The molecule has 102 valence electrons. The van der Waals surface area contributed by atoms with E-state index in [0.717, 1.165) is 10.6 Å². The summed E-state index contributed by atoms with van der Waals surface area (Å²) in [4.78, 5) is 5.05. The van der Waals surface area contributed by atoms with Gasteiger partial charge in [-0.3, -0.25) is 0 Å². The molecule has 2 aromatic rings. The Bertz CT molecular complexity index is 554. The number of halogens is 3. The molecule has 0 unspecified atom stereocenters. The number of nitrogens with one attached hydrogen (secondary N) is 1. The first-order valence-electron chi connectivity index (χ1n) is 5.43. The number of ether oxygens (including phenoxy) is 1. The molecule has 2 rings (SSSR count). The minimum Gasteiger partial charge on any atom is -0.404 e. The smallest absolute Gasteiger partial charge is 0.404 e. The molecule has 0 saturated heterocycles. The van der Waals surface area contributed by atoms with Gasteiger partial charge in [-0.05, 0) is 19.1 Å². The standard InChI is InChI=1S/C12H11F3N2OS/c1-8-11(19-7-17-8)6-16-9-4-2-3-5-10(9)18-12(13,14)15/h2-5,7,16H,6H2,1H3. The summed E-state index contributed by atoms with van der Waals surface area (Å²) in [6.07, 6.45) is -4.70. The predicted octanol–water partition coefficient (Wildman–Crippen LogP) is 3.96. The molecule has 0 fully saturated rings. The quantitative estimate of drug-likeness (QED) is 0.924. The Morgan fingerprint density at radius 3 is 2.68 bits per heavy atom. The zero-order valence-electron chi connectivity index (χ0n) is 9.99. The van der Waals surface area contributed by atoms with Crippen LogP contribution in [0.4, 0.5) is 18.9 Å². The summed E-state index contributed by atoms with van der Waals surface area (Å²) in [5, 5.41) is 2.92.